The fourth-order valence-corrected chi connectivity index (χ4v) is 1.52. The van der Waals surface area contributed by atoms with Gasteiger partial charge in [-0.05, 0) is 38.9 Å². The summed E-state index contributed by atoms with van der Waals surface area (Å²) in [5.41, 5.74) is 5.43. The second kappa shape index (κ2) is 9.93. The van der Waals surface area contributed by atoms with Gasteiger partial charge in [-0.2, -0.15) is 0 Å². The molecule has 0 aromatic rings. The Hall–Kier alpha value is -0.610. The van der Waals surface area contributed by atoms with Crippen molar-refractivity contribution in [1.29, 1.82) is 0 Å². The highest BCUT2D eigenvalue weighted by molar-refractivity contribution is 5.77. The van der Waals surface area contributed by atoms with Crippen LogP contribution in [-0.2, 0) is 4.79 Å². The van der Waals surface area contributed by atoms with Crippen molar-refractivity contribution >= 4 is 5.91 Å². The van der Waals surface area contributed by atoms with Crippen LogP contribution in [0.5, 0.6) is 0 Å². The minimum atomic E-state index is 0.0993. The van der Waals surface area contributed by atoms with Crippen molar-refractivity contribution in [3.05, 3.63) is 0 Å². The van der Waals surface area contributed by atoms with E-state index in [1.807, 2.05) is 0 Å². The summed E-state index contributed by atoms with van der Waals surface area (Å²) < 4.78 is 0. The minimum Gasteiger partial charge on any atom is -0.358 e. The van der Waals surface area contributed by atoms with Gasteiger partial charge in [0.1, 0.15) is 0 Å². The number of amides is 1. The SMILES string of the molecule is CCCN(CCCCCN)CC(=O)NC. The number of likely N-dealkylation sites (N-methyl/N-ethyl adjacent to an activating group) is 1. The largest absolute Gasteiger partial charge is 0.358 e. The highest BCUT2D eigenvalue weighted by atomic mass is 16.1. The highest BCUT2D eigenvalue weighted by Gasteiger charge is 2.07. The van der Waals surface area contributed by atoms with E-state index in [2.05, 4.69) is 17.1 Å². The lowest BCUT2D eigenvalue weighted by molar-refractivity contribution is -0.121. The predicted molar refractivity (Wildman–Crippen MR) is 63.7 cm³/mol. The van der Waals surface area contributed by atoms with Gasteiger partial charge in [-0.1, -0.05) is 13.3 Å². The molecule has 4 heteroatoms. The molecule has 1 amide bonds. The Morgan fingerprint density at radius 2 is 2.00 bits per heavy atom. The smallest absolute Gasteiger partial charge is 0.233 e. The molecule has 4 nitrogen and oxygen atoms in total. The molecule has 0 saturated heterocycles. The van der Waals surface area contributed by atoms with Crippen molar-refractivity contribution in [3.8, 4) is 0 Å². The van der Waals surface area contributed by atoms with Gasteiger partial charge in [0, 0.05) is 7.05 Å². The molecule has 0 unspecified atom stereocenters. The van der Waals surface area contributed by atoms with E-state index < -0.39 is 0 Å². The summed E-state index contributed by atoms with van der Waals surface area (Å²) in [4.78, 5) is 13.4. The molecule has 0 spiro atoms. The molecular formula is C11H25N3O. The van der Waals surface area contributed by atoms with Crippen molar-refractivity contribution in [3.63, 3.8) is 0 Å². The second-order valence-electron chi connectivity index (χ2n) is 3.80. The number of nitrogens with two attached hydrogens (primary N) is 1. The van der Waals surface area contributed by atoms with Crippen molar-refractivity contribution in [1.82, 2.24) is 10.2 Å². The Kier molecular flexibility index (Phi) is 9.52. The summed E-state index contributed by atoms with van der Waals surface area (Å²) in [7, 11) is 1.68. The third-order valence-electron chi connectivity index (χ3n) is 2.36. The van der Waals surface area contributed by atoms with Crippen molar-refractivity contribution in [2.24, 2.45) is 5.73 Å². The molecular weight excluding hydrogens is 190 g/mol. The second-order valence-corrected chi connectivity index (χ2v) is 3.80. The quantitative estimate of drug-likeness (QED) is 0.553. The number of carbonyl (C=O) groups is 1. The number of nitrogens with zero attached hydrogens (tertiary/aromatic N) is 1. The average molecular weight is 215 g/mol. The van der Waals surface area contributed by atoms with E-state index in [-0.39, 0.29) is 5.91 Å². The number of nitrogens with one attached hydrogen (secondary N) is 1. The van der Waals surface area contributed by atoms with Crippen LogP contribution in [0.3, 0.4) is 0 Å². The summed E-state index contributed by atoms with van der Waals surface area (Å²) in [5.74, 6) is 0.0993. The van der Waals surface area contributed by atoms with Crippen LogP contribution in [0, 0.1) is 0 Å². The van der Waals surface area contributed by atoms with E-state index in [1.54, 1.807) is 7.05 Å². The van der Waals surface area contributed by atoms with E-state index in [0.717, 1.165) is 45.3 Å². The van der Waals surface area contributed by atoms with Crippen LogP contribution in [0.2, 0.25) is 0 Å². The Morgan fingerprint density at radius 1 is 1.27 bits per heavy atom. The van der Waals surface area contributed by atoms with Crippen LogP contribution >= 0.6 is 0 Å². The van der Waals surface area contributed by atoms with Gasteiger partial charge < -0.3 is 11.1 Å². The first kappa shape index (κ1) is 14.4. The molecule has 0 radical (unpaired) electrons. The van der Waals surface area contributed by atoms with E-state index in [9.17, 15) is 4.79 Å². The van der Waals surface area contributed by atoms with Crippen LogP contribution in [0.1, 0.15) is 32.6 Å². The Bertz CT molecular complexity index is 162. The normalized spacial score (nSPS) is 10.7. The van der Waals surface area contributed by atoms with E-state index in [4.69, 9.17) is 5.73 Å². The Morgan fingerprint density at radius 3 is 2.53 bits per heavy atom. The molecule has 0 aliphatic heterocycles. The number of carbonyl (C=O) groups excluding carboxylic acids is 1. The summed E-state index contributed by atoms with van der Waals surface area (Å²) in [5, 5.41) is 2.65. The van der Waals surface area contributed by atoms with E-state index in [0.29, 0.717) is 6.54 Å². The highest BCUT2D eigenvalue weighted by Crippen LogP contribution is 1.99. The number of hydrogen-bond donors (Lipinski definition) is 2. The number of rotatable bonds is 9. The molecule has 0 saturated carbocycles. The molecule has 0 bridgehead atoms. The topological polar surface area (TPSA) is 58.4 Å². The van der Waals surface area contributed by atoms with Crippen LogP contribution in [0.25, 0.3) is 0 Å². The lowest BCUT2D eigenvalue weighted by atomic mass is 10.2. The monoisotopic (exact) mass is 215 g/mol. The predicted octanol–water partition coefficient (Wildman–Crippen LogP) is 0.573. The zero-order valence-corrected chi connectivity index (χ0v) is 10.1. The third kappa shape index (κ3) is 8.39. The molecule has 3 N–H and O–H groups in total. The molecule has 0 aliphatic rings. The van der Waals surface area contributed by atoms with Gasteiger partial charge >= 0.3 is 0 Å². The lowest BCUT2D eigenvalue weighted by Gasteiger charge is -2.20. The first-order valence-electron chi connectivity index (χ1n) is 5.87. The summed E-state index contributed by atoms with van der Waals surface area (Å²) in [6, 6.07) is 0. The van der Waals surface area contributed by atoms with Crippen LogP contribution in [0.15, 0.2) is 0 Å². The van der Waals surface area contributed by atoms with Crippen LogP contribution < -0.4 is 11.1 Å². The maximum absolute atomic E-state index is 11.2. The number of hydrogen-bond acceptors (Lipinski definition) is 3. The van der Waals surface area contributed by atoms with Gasteiger partial charge in [0.15, 0.2) is 0 Å². The fourth-order valence-electron chi connectivity index (χ4n) is 1.52. The molecule has 0 rings (SSSR count). The Balaban J connectivity index is 3.67. The standard InChI is InChI=1S/C11H25N3O/c1-3-8-14(10-11(15)13-2)9-6-4-5-7-12/h3-10,12H2,1-2H3,(H,13,15). The molecule has 0 fully saturated rings. The molecule has 90 valence electrons. The minimum absolute atomic E-state index is 0.0993. The van der Waals surface area contributed by atoms with Gasteiger partial charge in [-0.25, -0.2) is 0 Å². The van der Waals surface area contributed by atoms with Gasteiger partial charge in [0.2, 0.25) is 5.91 Å². The molecule has 0 aromatic heterocycles. The molecule has 0 heterocycles. The van der Waals surface area contributed by atoms with Gasteiger partial charge in [-0.3, -0.25) is 9.69 Å². The Labute approximate surface area is 93.2 Å². The third-order valence-corrected chi connectivity index (χ3v) is 2.36. The van der Waals surface area contributed by atoms with Gasteiger partial charge in [0.05, 0.1) is 6.54 Å². The summed E-state index contributed by atoms with van der Waals surface area (Å²) in [6.07, 6.45) is 4.46. The molecule has 0 aromatic carbocycles. The first-order chi connectivity index (χ1) is 7.24. The maximum Gasteiger partial charge on any atom is 0.233 e. The van der Waals surface area contributed by atoms with E-state index >= 15 is 0 Å². The summed E-state index contributed by atoms with van der Waals surface area (Å²) in [6.45, 7) is 5.42. The van der Waals surface area contributed by atoms with E-state index in [1.165, 1.54) is 0 Å². The van der Waals surface area contributed by atoms with Gasteiger partial charge in [-0.15, -0.1) is 0 Å². The average Bonchev–Trinajstić information content (AvgIpc) is 2.24. The zero-order chi connectivity index (χ0) is 11.5. The maximum atomic E-state index is 11.2. The van der Waals surface area contributed by atoms with Crippen LogP contribution in [0.4, 0.5) is 0 Å². The zero-order valence-electron chi connectivity index (χ0n) is 10.1. The van der Waals surface area contributed by atoms with Gasteiger partial charge in [0.25, 0.3) is 0 Å². The molecule has 0 aliphatic carbocycles. The first-order valence-corrected chi connectivity index (χ1v) is 5.87. The fraction of sp³-hybridized carbons (Fsp3) is 0.909. The van der Waals surface area contributed by atoms with Crippen molar-refractivity contribution in [2.45, 2.75) is 32.6 Å². The molecule has 0 atom stereocenters. The number of unbranched alkanes of at least 4 members (excludes halogenated alkanes) is 2. The van der Waals surface area contributed by atoms with Crippen molar-refractivity contribution in [2.75, 3.05) is 33.2 Å². The molecule has 15 heavy (non-hydrogen) atoms. The lowest BCUT2D eigenvalue weighted by Crippen LogP contribution is -2.36. The van der Waals surface area contributed by atoms with Crippen molar-refractivity contribution < 1.29 is 4.79 Å². The summed E-state index contributed by atoms with van der Waals surface area (Å²) >= 11 is 0. The van der Waals surface area contributed by atoms with Crippen LogP contribution in [-0.4, -0.2) is 44.0 Å².